The van der Waals surface area contributed by atoms with Crippen molar-refractivity contribution in [2.45, 2.75) is 19.5 Å². The number of carbonyl (C=O) groups excluding carboxylic acids is 1. The molecule has 1 fully saturated rings. The average molecular weight is 277 g/mol. The molecule has 1 atom stereocenters. The van der Waals surface area contributed by atoms with Crippen molar-refractivity contribution in [1.82, 2.24) is 10.2 Å². The molecule has 1 amide bonds. The van der Waals surface area contributed by atoms with Crippen LogP contribution in [0.1, 0.15) is 22.8 Å². The molecule has 0 aromatic heterocycles. The van der Waals surface area contributed by atoms with Gasteiger partial charge in [-0.05, 0) is 24.6 Å². The lowest BCUT2D eigenvalue weighted by atomic mass is 10.1. The fourth-order valence-corrected chi connectivity index (χ4v) is 2.36. The Bertz CT molecular complexity index is 444. The summed E-state index contributed by atoms with van der Waals surface area (Å²) >= 11 is 0. The monoisotopic (exact) mass is 277 g/mol. The summed E-state index contributed by atoms with van der Waals surface area (Å²) in [5.74, 6) is -0.381. The first-order valence-electron chi connectivity index (χ1n) is 7.07. The van der Waals surface area contributed by atoms with Gasteiger partial charge in [0.15, 0.2) is 0 Å². The van der Waals surface area contributed by atoms with Gasteiger partial charge in [-0.25, -0.2) is 0 Å². The number of hydrogen-bond acceptors (Lipinski definition) is 4. The zero-order valence-electron chi connectivity index (χ0n) is 12.0. The van der Waals surface area contributed by atoms with E-state index in [1.54, 1.807) is 6.07 Å². The van der Waals surface area contributed by atoms with Crippen molar-refractivity contribution in [1.29, 1.82) is 0 Å². The van der Waals surface area contributed by atoms with Gasteiger partial charge in [0.05, 0.1) is 13.2 Å². The van der Waals surface area contributed by atoms with E-state index in [0.29, 0.717) is 11.6 Å². The van der Waals surface area contributed by atoms with E-state index in [9.17, 15) is 4.79 Å². The lowest BCUT2D eigenvalue weighted by Crippen LogP contribution is -2.44. The van der Waals surface area contributed by atoms with Gasteiger partial charge in [0.25, 0.3) is 0 Å². The van der Waals surface area contributed by atoms with Gasteiger partial charge in [-0.1, -0.05) is 12.1 Å². The number of benzene rings is 1. The molecule has 5 nitrogen and oxygen atoms in total. The Balaban J connectivity index is 1.78. The van der Waals surface area contributed by atoms with Crippen LogP contribution in [-0.2, 0) is 11.3 Å². The average Bonchev–Trinajstić information content (AvgIpc) is 2.46. The third kappa shape index (κ3) is 4.59. The molecule has 1 aromatic carbocycles. The molecule has 20 heavy (non-hydrogen) atoms. The Labute approximate surface area is 120 Å². The molecule has 1 aliphatic rings. The first-order chi connectivity index (χ1) is 9.65. The van der Waals surface area contributed by atoms with E-state index in [2.05, 4.69) is 17.1 Å². The molecule has 0 spiro atoms. The van der Waals surface area contributed by atoms with Crippen molar-refractivity contribution in [3.63, 3.8) is 0 Å². The van der Waals surface area contributed by atoms with Crippen molar-refractivity contribution >= 4 is 5.91 Å². The summed E-state index contributed by atoms with van der Waals surface area (Å²) in [6, 6.07) is 7.84. The molecule has 1 aromatic rings. The maximum atomic E-state index is 11.1. The fraction of sp³-hybridized carbons (Fsp3) is 0.533. The van der Waals surface area contributed by atoms with E-state index >= 15 is 0 Å². The van der Waals surface area contributed by atoms with Crippen LogP contribution < -0.4 is 11.1 Å². The largest absolute Gasteiger partial charge is 0.379 e. The highest BCUT2D eigenvalue weighted by Gasteiger charge is 2.13. The van der Waals surface area contributed by atoms with E-state index in [1.807, 2.05) is 18.2 Å². The Kier molecular flexibility index (Phi) is 5.52. The van der Waals surface area contributed by atoms with E-state index in [4.69, 9.17) is 10.5 Å². The zero-order chi connectivity index (χ0) is 14.4. The maximum Gasteiger partial charge on any atom is 0.248 e. The number of amides is 1. The van der Waals surface area contributed by atoms with Gasteiger partial charge in [-0.15, -0.1) is 0 Å². The SMILES string of the molecule is CC(CN1CCOCC1)NCc1cccc(C(N)=O)c1. The number of nitrogens with two attached hydrogens (primary N) is 1. The van der Waals surface area contributed by atoms with Crippen LogP contribution in [0.3, 0.4) is 0 Å². The quantitative estimate of drug-likeness (QED) is 0.799. The van der Waals surface area contributed by atoms with Crippen molar-refractivity contribution < 1.29 is 9.53 Å². The Hall–Kier alpha value is -1.43. The van der Waals surface area contributed by atoms with Crippen LogP contribution in [0, 0.1) is 0 Å². The third-order valence-electron chi connectivity index (χ3n) is 3.50. The lowest BCUT2D eigenvalue weighted by Gasteiger charge is -2.29. The number of ether oxygens (including phenoxy) is 1. The van der Waals surface area contributed by atoms with Crippen LogP contribution >= 0.6 is 0 Å². The van der Waals surface area contributed by atoms with E-state index in [-0.39, 0.29) is 5.91 Å². The standard InChI is InChI=1S/C15H23N3O2/c1-12(11-18-5-7-20-8-6-18)17-10-13-3-2-4-14(9-13)15(16)19/h2-4,9,12,17H,5-8,10-11H2,1H3,(H2,16,19). The van der Waals surface area contributed by atoms with E-state index in [0.717, 1.165) is 45.0 Å². The lowest BCUT2D eigenvalue weighted by molar-refractivity contribution is 0.0343. The Morgan fingerprint density at radius 3 is 2.90 bits per heavy atom. The Morgan fingerprint density at radius 2 is 2.20 bits per heavy atom. The van der Waals surface area contributed by atoms with Crippen molar-refractivity contribution in [3.05, 3.63) is 35.4 Å². The smallest absolute Gasteiger partial charge is 0.248 e. The molecule has 1 saturated heterocycles. The molecule has 110 valence electrons. The third-order valence-corrected chi connectivity index (χ3v) is 3.50. The number of nitrogens with one attached hydrogen (secondary N) is 1. The van der Waals surface area contributed by atoms with Crippen LogP contribution in [0.25, 0.3) is 0 Å². The van der Waals surface area contributed by atoms with Gasteiger partial charge in [0.1, 0.15) is 0 Å². The Morgan fingerprint density at radius 1 is 1.45 bits per heavy atom. The summed E-state index contributed by atoms with van der Waals surface area (Å²) in [7, 11) is 0. The zero-order valence-corrected chi connectivity index (χ0v) is 12.0. The molecular weight excluding hydrogens is 254 g/mol. The first kappa shape index (κ1) is 15.0. The van der Waals surface area contributed by atoms with Crippen LogP contribution in [0.15, 0.2) is 24.3 Å². The van der Waals surface area contributed by atoms with Crippen LogP contribution in [0.5, 0.6) is 0 Å². The second-order valence-corrected chi connectivity index (χ2v) is 5.26. The highest BCUT2D eigenvalue weighted by molar-refractivity contribution is 5.92. The molecular formula is C15H23N3O2. The highest BCUT2D eigenvalue weighted by Crippen LogP contribution is 2.05. The molecule has 1 heterocycles. The van der Waals surface area contributed by atoms with Gasteiger partial charge in [-0.2, -0.15) is 0 Å². The number of rotatable bonds is 6. The van der Waals surface area contributed by atoms with Crippen LogP contribution in [0.4, 0.5) is 0 Å². The van der Waals surface area contributed by atoms with Crippen molar-refractivity contribution in [3.8, 4) is 0 Å². The fourth-order valence-electron chi connectivity index (χ4n) is 2.36. The van der Waals surface area contributed by atoms with Crippen molar-refractivity contribution in [2.75, 3.05) is 32.8 Å². The summed E-state index contributed by atoms with van der Waals surface area (Å²) in [6.07, 6.45) is 0. The normalized spacial score (nSPS) is 17.9. The second kappa shape index (κ2) is 7.38. The predicted octanol–water partition coefficient (Wildman–Crippen LogP) is 0.596. The molecule has 3 N–H and O–H groups in total. The molecule has 1 aliphatic heterocycles. The number of nitrogens with zero attached hydrogens (tertiary/aromatic N) is 1. The summed E-state index contributed by atoms with van der Waals surface area (Å²) in [4.78, 5) is 13.5. The van der Waals surface area contributed by atoms with Crippen molar-refractivity contribution in [2.24, 2.45) is 5.73 Å². The van der Waals surface area contributed by atoms with Crippen LogP contribution in [-0.4, -0.2) is 49.7 Å². The highest BCUT2D eigenvalue weighted by atomic mass is 16.5. The minimum atomic E-state index is -0.381. The number of morpholine rings is 1. The molecule has 0 bridgehead atoms. The number of hydrogen-bond donors (Lipinski definition) is 2. The minimum absolute atomic E-state index is 0.381. The minimum Gasteiger partial charge on any atom is -0.379 e. The van der Waals surface area contributed by atoms with Gasteiger partial charge < -0.3 is 15.8 Å². The van der Waals surface area contributed by atoms with Gasteiger partial charge in [0, 0.05) is 37.8 Å². The molecule has 0 saturated carbocycles. The van der Waals surface area contributed by atoms with Gasteiger partial charge in [0.2, 0.25) is 5.91 Å². The molecule has 5 heteroatoms. The van der Waals surface area contributed by atoms with E-state index < -0.39 is 0 Å². The van der Waals surface area contributed by atoms with E-state index in [1.165, 1.54) is 0 Å². The summed E-state index contributed by atoms with van der Waals surface area (Å²) in [5.41, 5.74) is 6.92. The number of primary amides is 1. The topological polar surface area (TPSA) is 67.6 Å². The maximum absolute atomic E-state index is 11.1. The van der Waals surface area contributed by atoms with Crippen LogP contribution in [0.2, 0.25) is 0 Å². The molecule has 2 rings (SSSR count). The summed E-state index contributed by atoms with van der Waals surface area (Å²) in [6.45, 7) is 7.59. The molecule has 0 radical (unpaired) electrons. The predicted molar refractivity (Wildman–Crippen MR) is 78.5 cm³/mol. The summed E-state index contributed by atoms with van der Waals surface area (Å²) < 4.78 is 5.34. The molecule has 0 aliphatic carbocycles. The van der Waals surface area contributed by atoms with Gasteiger partial charge >= 0.3 is 0 Å². The summed E-state index contributed by atoms with van der Waals surface area (Å²) in [5, 5.41) is 3.48. The number of carbonyl (C=O) groups is 1. The molecule has 1 unspecified atom stereocenters. The second-order valence-electron chi connectivity index (χ2n) is 5.26. The first-order valence-corrected chi connectivity index (χ1v) is 7.07. The van der Waals surface area contributed by atoms with Gasteiger partial charge in [-0.3, -0.25) is 9.69 Å².